The molecule has 2 rings (SSSR count). The molecule has 0 bridgehead atoms. The Bertz CT molecular complexity index is 495. The smallest absolute Gasteiger partial charge is 0.248 e. The average Bonchev–Trinajstić information content (AvgIpc) is 2.87. The van der Waals surface area contributed by atoms with E-state index in [0.29, 0.717) is 17.7 Å². The van der Waals surface area contributed by atoms with E-state index in [9.17, 15) is 0 Å². The summed E-state index contributed by atoms with van der Waals surface area (Å²) < 4.78 is 1.61. The van der Waals surface area contributed by atoms with Crippen LogP contribution < -0.4 is 5.32 Å². The molecule has 0 aliphatic rings. The molecule has 0 fully saturated rings. The normalized spacial score (nSPS) is 11.5. The molecular weight excluding hydrogens is 273 g/mol. The van der Waals surface area contributed by atoms with Gasteiger partial charge >= 0.3 is 0 Å². The van der Waals surface area contributed by atoms with Crippen molar-refractivity contribution in [3.8, 4) is 5.69 Å². The van der Waals surface area contributed by atoms with Gasteiger partial charge in [-0.3, -0.25) is 0 Å². The van der Waals surface area contributed by atoms with Crippen LogP contribution in [0, 0.1) is 0 Å². The van der Waals surface area contributed by atoms with Crippen molar-refractivity contribution in [1.29, 1.82) is 0 Å². The lowest BCUT2D eigenvalue weighted by Gasteiger charge is -2.25. The fourth-order valence-corrected chi connectivity index (χ4v) is 1.80. The van der Waals surface area contributed by atoms with Gasteiger partial charge in [0.2, 0.25) is 5.95 Å². The molecule has 0 unspecified atom stereocenters. The Morgan fingerprint density at radius 2 is 1.89 bits per heavy atom. The average molecular weight is 286 g/mol. The molecule has 96 valence electrons. The second-order valence-corrected chi connectivity index (χ2v) is 4.74. The summed E-state index contributed by atoms with van der Waals surface area (Å²) in [6.07, 6.45) is 0. The summed E-state index contributed by atoms with van der Waals surface area (Å²) in [5, 5.41) is 14.7. The molecule has 2 aromatic rings. The number of para-hydroxylation sites is 1. The molecule has 0 saturated carbocycles. The molecule has 18 heavy (non-hydrogen) atoms. The molecule has 1 aromatic heterocycles. The Balaban J connectivity index is 2.29. The molecule has 0 amide bonds. The van der Waals surface area contributed by atoms with Gasteiger partial charge in [0.05, 0.1) is 11.2 Å². The second-order valence-electron chi connectivity index (χ2n) is 4.20. The Hall–Kier alpha value is -1.33. The second kappa shape index (κ2) is 5.54. The minimum absolute atomic E-state index is 0.359. The van der Waals surface area contributed by atoms with Crippen LogP contribution in [0.1, 0.15) is 6.92 Å². The lowest BCUT2D eigenvalue weighted by molar-refractivity contribution is 0.635. The summed E-state index contributed by atoms with van der Waals surface area (Å²) in [5.41, 5.74) is 0.418. The topological polar surface area (TPSA) is 55.6 Å². The van der Waals surface area contributed by atoms with Crippen LogP contribution in [-0.4, -0.2) is 37.5 Å². The summed E-state index contributed by atoms with van der Waals surface area (Å²) in [7, 11) is 0. The predicted octanol–water partition coefficient (Wildman–Crippen LogP) is 2.31. The molecule has 0 radical (unpaired) electrons. The zero-order valence-electron chi connectivity index (χ0n) is 9.85. The first kappa shape index (κ1) is 13.1. The fraction of sp³-hybridized carbons (Fsp3) is 0.364. The number of halogens is 2. The van der Waals surface area contributed by atoms with Crippen molar-refractivity contribution < 1.29 is 0 Å². The van der Waals surface area contributed by atoms with Crippen molar-refractivity contribution in [3.05, 3.63) is 30.3 Å². The zero-order chi connectivity index (χ0) is 13.0. The Labute approximate surface area is 115 Å². The fourth-order valence-electron chi connectivity index (χ4n) is 1.38. The van der Waals surface area contributed by atoms with E-state index in [1.165, 1.54) is 0 Å². The van der Waals surface area contributed by atoms with Gasteiger partial charge in [-0.15, -0.1) is 23.2 Å². The molecule has 0 atom stereocenters. The molecule has 0 aliphatic heterocycles. The van der Waals surface area contributed by atoms with Gasteiger partial charge in [0.25, 0.3) is 0 Å². The summed E-state index contributed by atoms with van der Waals surface area (Å²) in [6, 6.07) is 9.61. The van der Waals surface area contributed by atoms with Crippen molar-refractivity contribution in [2.24, 2.45) is 0 Å². The molecule has 1 heterocycles. The van der Waals surface area contributed by atoms with Crippen LogP contribution >= 0.6 is 23.2 Å². The lowest BCUT2D eigenvalue weighted by Crippen LogP contribution is -2.39. The number of benzene rings is 1. The molecule has 0 saturated heterocycles. The largest absolute Gasteiger partial charge is 0.345 e. The van der Waals surface area contributed by atoms with E-state index in [1.807, 2.05) is 37.3 Å². The van der Waals surface area contributed by atoms with Crippen LogP contribution in [0.4, 0.5) is 5.95 Å². The number of aromatic nitrogens is 4. The maximum absolute atomic E-state index is 5.90. The Morgan fingerprint density at radius 1 is 1.22 bits per heavy atom. The molecule has 1 aromatic carbocycles. The van der Waals surface area contributed by atoms with Crippen LogP contribution in [0.3, 0.4) is 0 Å². The number of hydrogen-bond donors (Lipinski definition) is 1. The number of anilines is 1. The summed E-state index contributed by atoms with van der Waals surface area (Å²) in [4.78, 5) is 0. The van der Waals surface area contributed by atoms with Crippen molar-refractivity contribution >= 4 is 29.2 Å². The van der Waals surface area contributed by atoms with Crippen LogP contribution in [0.2, 0.25) is 0 Å². The van der Waals surface area contributed by atoms with E-state index < -0.39 is 5.54 Å². The molecule has 7 heteroatoms. The van der Waals surface area contributed by atoms with Gasteiger partial charge in [0.1, 0.15) is 0 Å². The van der Waals surface area contributed by atoms with Crippen LogP contribution in [0.25, 0.3) is 5.69 Å². The molecule has 5 nitrogen and oxygen atoms in total. The third kappa shape index (κ3) is 2.73. The zero-order valence-corrected chi connectivity index (χ0v) is 11.4. The molecule has 0 spiro atoms. The quantitative estimate of drug-likeness (QED) is 0.857. The summed E-state index contributed by atoms with van der Waals surface area (Å²) in [6.45, 7) is 1.91. The van der Waals surface area contributed by atoms with Gasteiger partial charge in [0.15, 0.2) is 0 Å². The maximum Gasteiger partial charge on any atom is 0.248 e. The van der Waals surface area contributed by atoms with Gasteiger partial charge < -0.3 is 5.32 Å². The number of nitrogens with one attached hydrogen (secondary N) is 1. The first-order valence-electron chi connectivity index (χ1n) is 5.42. The first-order chi connectivity index (χ1) is 8.68. The van der Waals surface area contributed by atoms with Crippen molar-refractivity contribution in [2.45, 2.75) is 12.5 Å². The summed E-state index contributed by atoms with van der Waals surface area (Å²) in [5.74, 6) is 1.24. The SMILES string of the molecule is CC(CCl)(CCl)Nc1nnnn1-c1ccccc1. The van der Waals surface area contributed by atoms with Gasteiger partial charge in [-0.25, -0.2) is 0 Å². The van der Waals surface area contributed by atoms with Gasteiger partial charge in [-0.2, -0.15) is 4.68 Å². The molecule has 0 aliphatic carbocycles. The van der Waals surface area contributed by atoms with E-state index in [4.69, 9.17) is 23.2 Å². The van der Waals surface area contributed by atoms with E-state index in [0.717, 1.165) is 5.69 Å². The molecular formula is C11H13Cl2N5. The van der Waals surface area contributed by atoms with Crippen LogP contribution in [-0.2, 0) is 0 Å². The van der Waals surface area contributed by atoms with Crippen molar-refractivity contribution in [3.63, 3.8) is 0 Å². The third-order valence-corrected chi connectivity index (χ3v) is 3.65. The van der Waals surface area contributed by atoms with E-state index in [2.05, 4.69) is 20.8 Å². The third-order valence-electron chi connectivity index (χ3n) is 2.47. The first-order valence-corrected chi connectivity index (χ1v) is 6.49. The lowest BCUT2D eigenvalue weighted by atomic mass is 10.1. The number of alkyl halides is 2. The standard InChI is InChI=1S/C11H13Cl2N5/c1-11(7-12,8-13)14-10-15-16-17-18(10)9-5-3-2-4-6-9/h2-6H,7-8H2,1H3,(H,14,15,17). The number of rotatable bonds is 5. The monoisotopic (exact) mass is 285 g/mol. The summed E-state index contributed by atoms with van der Waals surface area (Å²) >= 11 is 11.8. The van der Waals surface area contributed by atoms with Crippen LogP contribution in [0.5, 0.6) is 0 Å². The highest BCUT2D eigenvalue weighted by molar-refractivity contribution is 6.22. The van der Waals surface area contributed by atoms with E-state index >= 15 is 0 Å². The van der Waals surface area contributed by atoms with Gasteiger partial charge in [-0.05, 0) is 29.5 Å². The van der Waals surface area contributed by atoms with Crippen molar-refractivity contribution in [2.75, 3.05) is 17.1 Å². The van der Waals surface area contributed by atoms with E-state index in [1.54, 1.807) is 4.68 Å². The predicted molar refractivity (Wildman–Crippen MR) is 72.6 cm³/mol. The van der Waals surface area contributed by atoms with E-state index in [-0.39, 0.29) is 0 Å². The number of tetrazole rings is 1. The highest BCUT2D eigenvalue weighted by Crippen LogP contribution is 2.18. The van der Waals surface area contributed by atoms with Gasteiger partial charge in [-0.1, -0.05) is 23.3 Å². The maximum atomic E-state index is 5.90. The van der Waals surface area contributed by atoms with Gasteiger partial charge in [0, 0.05) is 11.8 Å². The minimum Gasteiger partial charge on any atom is -0.345 e. The minimum atomic E-state index is -0.454. The molecule has 1 N–H and O–H groups in total. The van der Waals surface area contributed by atoms with Crippen LogP contribution in [0.15, 0.2) is 30.3 Å². The Morgan fingerprint density at radius 3 is 2.50 bits per heavy atom. The highest BCUT2D eigenvalue weighted by Gasteiger charge is 2.24. The number of nitrogens with zero attached hydrogens (tertiary/aromatic N) is 4. The van der Waals surface area contributed by atoms with Crippen molar-refractivity contribution in [1.82, 2.24) is 20.2 Å². The number of hydrogen-bond acceptors (Lipinski definition) is 4. The highest BCUT2D eigenvalue weighted by atomic mass is 35.5. The Kier molecular flexibility index (Phi) is 4.04.